The fourth-order valence-corrected chi connectivity index (χ4v) is 11.7. The number of ether oxygens (including phenoxy) is 2. The molecule has 5 fully saturated rings. The number of methoxy groups -OCH3 is 1. The number of amides is 3. The predicted molar refractivity (Wildman–Crippen MR) is 235 cm³/mol. The minimum atomic E-state index is -3.91. The van der Waals surface area contributed by atoms with E-state index in [0.717, 1.165) is 24.8 Å². The van der Waals surface area contributed by atoms with Crippen molar-refractivity contribution in [3.63, 3.8) is 0 Å². The summed E-state index contributed by atoms with van der Waals surface area (Å²) < 4.78 is 40.4. The first-order valence-corrected chi connectivity index (χ1v) is 23.8. The molecule has 2 N–H and O–H groups in total. The maximum atomic E-state index is 15.2. The third kappa shape index (κ3) is 8.82. The number of sulfonamides is 1. The van der Waals surface area contributed by atoms with Gasteiger partial charge in [-0.3, -0.25) is 23.9 Å². The number of pyridine rings is 1. The molecule has 3 aliphatic carbocycles. The number of hydrogen-bond donors (Lipinski definition) is 2. The van der Waals surface area contributed by atoms with Gasteiger partial charge in [0.05, 0.1) is 47.5 Å². The highest BCUT2D eigenvalue weighted by Crippen LogP contribution is 2.57. The first-order valence-electron chi connectivity index (χ1n) is 22.2. The molecule has 336 valence electrons. The third-order valence-electron chi connectivity index (χ3n) is 14.2. The Bertz CT molecular complexity index is 2430. The van der Waals surface area contributed by atoms with Crippen molar-refractivity contribution in [2.45, 2.75) is 121 Å². The van der Waals surface area contributed by atoms with Crippen molar-refractivity contribution < 1.29 is 47.0 Å². The minimum Gasteiger partial charge on any atom is -0.497 e. The number of carbonyl (C=O) groups excluding carboxylic acids is 4. The summed E-state index contributed by atoms with van der Waals surface area (Å²) in [5.74, 6) is -3.32. The Balaban J connectivity index is 1.12. The third-order valence-corrected chi connectivity index (χ3v) is 16.0. The summed E-state index contributed by atoms with van der Waals surface area (Å²) in [5.41, 5.74) is -0.0574. The highest BCUT2D eigenvalue weighted by atomic mass is 32.2. The molecule has 0 radical (unpaired) electrons. The number of fused-ring (bicyclic) bond motifs is 2. The fraction of sp³-hybridized carbons (Fsp3) is 0.542. The molecule has 63 heavy (non-hydrogen) atoms. The number of Topliss-reactive ketones (excluding diaryl/α,β-unsaturated/α-hetero) is 1. The Labute approximate surface area is 368 Å². The molecular formula is C48H58N4O10S. The van der Waals surface area contributed by atoms with Crippen LogP contribution < -0.4 is 14.2 Å². The normalized spacial score (nSPS) is 27.3. The molecule has 3 saturated carbocycles. The maximum Gasteiger partial charge on any atom is 0.326 e. The van der Waals surface area contributed by atoms with Crippen molar-refractivity contribution in [1.29, 1.82) is 0 Å². The molecule has 8 atom stereocenters. The second-order valence-corrected chi connectivity index (χ2v) is 21.3. The van der Waals surface area contributed by atoms with Crippen LogP contribution in [0.3, 0.4) is 0 Å². The van der Waals surface area contributed by atoms with Crippen LogP contribution in [-0.2, 0) is 34.0 Å². The molecule has 2 aliphatic heterocycles. The first kappa shape index (κ1) is 44.3. The van der Waals surface area contributed by atoms with E-state index in [1.54, 1.807) is 25.3 Å². The number of benzene rings is 2. The number of likely N-dealkylation sites (tertiary alicyclic amines) is 2. The van der Waals surface area contributed by atoms with Gasteiger partial charge >= 0.3 is 5.97 Å². The number of allylic oxidation sites excluding steroid dienone is 1. The molecule has 8 rings (SSSR count). The minimum absolute atomic E-state index is 0.0248. The number of carboxylic acid groups (broad SMARTS) is 1. The summed E-state index contributed by atoms with van der Waals surface area (Å²) >= 11 is 0. The van der Waals surface area contributed by atoms with Gasteiger partial charge in [-0.2, -0.15) is 0 Å². The molecule has 1 aromatic heterocycles. The molecule has 14 nitrogen and oxygen atoms in total. The number of aromatic nitrogens is 1. The first-order chi connectivity index (χ1) is 29.9. The number of nitrogens with one attached hydrogen (secondary N) is 1. The van der Waals surface area contributed by atoms with Crippen molar-refractivity contribution in [2.24, 2.45) is 28.6 Å². The van der Waals surface area contributed by atoms with Crippen molar-refractivity contribution in [3.8, 4) is 22.8 Å². The van der Waals surface area contributed by atoms with Gasteiger partial charge in [-0.15, -0.1) is 6.58 Å². The fourth-order valence-electron chi connectivity index (χ4n) is 10.4. The Morgan fingerprint density at radius 2 is 1.73 bits per heavy atom. The molecule has 3 amide bonds. The highest BCUT2D eigenvalue weighted by Gasteiger charge is 2.62. The molecule has 3 heterocycles. The average molecular weight is 883 g/mol. The van der Waals surface area contributed by atoms with Crippen LogP contribution in [-0.4, -0.2) is 101 Å². The van der Waals surface area contributed by atoms with Gasteiger partial charge in [0.1, 0.15) is 23.6 Å². The zero-order valence-electron chi connectivity index (χ0n) is 36.5. The van der Waals surface area contributed by atoms with Gasteiger partial charge < -0.3 is 24.4 Å². The van der Waals surface area contributed by atoms with Crippen molar-refractivity contribution in [3.05, 3.63) is 67.3 Å². The van der Waals surface area contributed by atoms with E-state index in [-0.39, 0.29) is 44.2 Å². The van der Waals surface area contributed by atoms with Crippen molar-refractivity contribution in [2.75, 3.05) is 13.7 Å². The second-order valence-electron chi connectivity index (χ2n) is 19.4. The van der Waals surface area contributed by atoms with E-state index in [1.807, 2.05) is 63.2 Å². The highest BCUT2D eigenvalue weighted by molar-refractivity contribution is 7.90. The predicted octanol–water partition coefficient (Wildman–Crippen LogP) is 6.32. The van der Waals surface area contributed by atoms with Gasteiger partial charge in [-0.25, -0.2) is 18.2 Å². The standard InChI is InChI=1S/C48H58N4O10S/c1-6-30-25-48(30,46(58)50-63(59,60)33-17-18-33)26-41(53)39-22-32(62-42-24-36(28-12-8-7-9-13-28)49-37-21-31(61-5)16-19-34(37)42)27-51(39)44(55)35(47(2,3)4)23-43(54)52-38-15-11-10-14-29(38)20-40(52)45(56)57/h6-9,12-13,16,19,21,24,29-30,32-33,35,38-40H,1,10-11,14-15,17-18,20,22-23,25-27H2,2-5H3,(H,50,58)(H,56,57)/t29?,30-,32-,35-,38?,39+,40?,48-/m1/s1. The maximum absolute atomic E-state index is 15.2. The largest absolute Gasteiger partial charge is 0.497 e. The molecule has 15 heteroatoms. The van der Waals surface area contributed by atoms with E-state index in [2.05, 4.69) is 11.3 Å². The summed E-state index contributed by atoms with van der Waals surface area (Å²) in [6.07, 6.45) is 5.29. The van der Waals surface area contributed by atoms with E-state index in [4.69, 9.17) is 14.5 Å². The number of rotatable bonds is 15. The summed E-state index contributed by atoms with van der Waals surface area (Å²) in [6, 6.07) is 14.6. The topological polar surface area (TPSA) is 190 Å². The van der Waals surface area contributed by atoms with E-state index >= 15 is 4.79 Å². The number of carbonyl (C=O) groups is 5. The monoisotopic (exact) mass is 882 g/mol. The van der Waals surface area contributed by atoms with Crippen LogP contribution in [0, 0.1) is 28.6 Å². The van der Waals surface area contributed by atoms with Crippen molar-refractivity contribution in [1.82, 2.24) is 19.5 Å². The lowest BCUT2D eigenvalue weighted by atomic mass is 9.77. The SMILES string of the molecule is C=C[C@@H]1C[C@]1(CC(=O)[C@@H]1C[C@@H](Oc2cc(-c3ccccc3)nc3cc(OC)ccc23)CN1C(=O)[C@@H](CC(=O)N1C(C(=O)O)CC2CCCCC21)C(C)(C)C)C(=O)NS(=O)(=O)C1CC1. The second kappa shape index (κ2) is 17.0. The van der Waals surface area contributed by atoms with Crippen LogP contribution in [0.1, 0.15) is 91.4 Å². The lowest BCUT2D eigenvalue weighted by molar-refractivity contribution is -0.153. The van der Waals surface area contributed by atoms with Crippen molar-refractivity contribution >= 4 is 50.4 Å². The smallest absolute Gasteiger partial charge is 0.326 e. The summed E-state index contributed by atoms with van der Waals surface area (Å²) in [4.78, 5) is 78.7. The van der Waals surface area contributed by atoms with Crippen LogP contribution in [0.15, 0.2) is 67.3 Å². The molecule has 2 aromatic carbocycles. The molecule has 0 spiro atoms. The van der Waals surface area contributed by atoms with Crippen LogP contribution in [0.2, 0.25) is 0 Å². The molecule has 2 saturated heterocycles. The van der Waals surface area contributed by atoms with Gasteiger partial charge in [-0.1, -0.05) is 70.0 Å². The number of nitrogens with zero attached hydrogens (tertiary/aromatic N) is 3. The number of carboxylic acids is 1. The van der Waals surface area contributed by atoms with Gasteiger partial charge in [0.25, 0.3) is 0 Å². The van der Waals surface area contributed by atoms with Crippen LogP contribution in [0.4, 0.5) is 0 Å². The van der Waals surface area contributed by atoms with E-state index < -0.39 is 85.6 Å². The zero-order chi connectivity index (χ0) is 45.0. The molecule has 5 aliphatic rings. The number of hydrogen-bond acceptors (Lipinski definition) is 10. The Hall–Kier alpha value is -5.31. The Morgan fingerprint density at radius 1 is 1.00 bits per heavy atom. The zero-order valence-corrected chi connectivity index (χ0v) is 37.3. The van der Waals surface area contributed by atoms with E-state index in [1.165, 1.54) is 9.80 Å². The molecule has 3 unspecified atom stereocenters. The van der Waals surface area contributed by atoms with Gasteiger partial charge in [-0.05, 0) is 67.9 Å². The molecule has 0 bridgehead atoms. The van der Waals surface area contributed by atoms with Gasteiger partial charge in [0.15, 0.2) is 5.78 Å². The Morgan fingerprint density at radius 3 is 2.38 bits per heavy atom. The summed E-state index contributed by atoms with van der Waals surface area (Å²) in [5, 5.41) is 10.3. The number of ketones is 1. The lowest BCUT2D eigenvalue weighted by Gasteiger charge is -2.38. The van der Waals surface area contributed by atoms with Gasteiger partial charge in [0.2, 0.25) is 27.7 Å². The average Bonchev–Trinajstić information content (AvgIpc) is 4.16. The van der Waals surface area contributed by atoms with Crippen LogP contribution in [0.5, 0.6) is 11.5 Å². The summed E-state index contributed by atoms with van der Waals surface area (Å²) in [7, 11) is -2.34. The summed E-state index contributed by atoms with van der Waals surface area (Å²) in [6.45, 7) is 9.39. The van der Waals surface area contributed by atoms with Crippen LogP contribution in [0.25, 0.3) is 22.2 Å². The quantitative estimate of drug-likeness (QED) is 0.163. The number of aliphatic carboxylic acids is 1. The van der Waals surface area contributed by atoms with Gasteiger partial charge in [0, 0.05) is 48.4 Å². The van der Waals surface area contributed by atoms with E-state index in [0.29, 0.717) is 53.8 Å². The Kier molecular flexibility index (Phi) is 12.0. The lowest BCUT2D eigenvalue weighted by Crippen LogP contribution is -2.51. The molecule has 3 aromatic rings. The van der Waals surface area contributed by atoms with Crippen LogP contribution >= 0.6 is 0 Å². The van der Waals surface area contributed by atoms with E-state index in [9.17, 15) is 32.7 Å². The molecular weight excluding hydrogens is 825 g/mol.